The van der Waals surface area contributed by atoms with Gasteiger partial charge in [-0.3, -0.25) is 4.79 Å². The Morgan fingerprint density at radius 1 is 1.21 bits per heavy atom. The monoisotopic (exact) mass is 422 g/mol. The number of ether oxygens (including phenoxy) is 1. The molecule has 7 heteroatoms. The van der Waals surface area contributed by atoms with Crippen molar-refractivity contribution in [3.05, 3.63) is 81.0 Å². The maximum atomic E-state index is 12.8. The lowest BCUT2D eigenvalue weighted by atomic mass is 10.1. The molecule has 0 radical (unpaired) electrons. The third kappa shape index (κ3) is 4.11. The van der Waals surface area contributed by atoms with E-state index in [2.05, 4.69) is 9.97 Å². The maximum Gasteiger partial charge on any atom is 0.337 e. The van der Waals surface area contributed by atoms with Crippen molar-refractivity contribution in [2.75, 3.05) is 7.11 Å². The molecule has 29 heavy (non-hydrogen) atoms. The van der Waals surface area contributed by atoms with Gasteiger partial charge in [-0.05, 0) is 30.2 Å². The number of carbonyl (C=O) groups is 1. The highest BCUT2D eigenvalue weighted by atomic mass is 32.2. The number of thiophene rings is 1. The van der Waals surface area contributed by atoms with Crippen LogP contribution >= 0.6 is 23.1 Å². The van der Waals surface area contributed by atoms with E-state index >= 15 is 0 Å². The molecule has 0 unspecified atom stereocenters. The van der Waals surface area contributed by atoms with Crippen LogP contribution in [0.3, 0.4) is 0 Å². The lowest BCUT2D eigenvalue weighted by Crippen LogP contribution is -2.08. The van der Waals surface area contributed by atoms with E-state index in [1.54, 1.807) is 12.1 Å². The molecular weight excluding hydrogens is 404 g/mol. The molecule has 0 saturated carbocycles. The van der Waals surface area contributed by atoms with Crippen molar-refractivity contribution in [1.82, 2.24) is 9.97 Å². The topological polar surface area (TPSA) is 72.0 Å². The van der Waals surface area contributed by atoms with E-state index in [9.17, 15) is 9.59 Å². The summed E-state index contributed by atoms with van der Waals surface area (Å²) < 4.78 is 4.76. The van der Waals surface area contributed by atoms with Gasteiger partial charge in [-0.1, -0.05) is 53.7 Å². The second-order valence-corrected chi connectivity index (χ2v) is 8.37. The molecular formula is C22H18N2O3S2. The first-order valence-electron chi connectivity index (χ1n) is 8.94. The third-order valence-corrected chi connectivity index (χ3v) is 6.33. The van der Waals surface area contributed by atoms with Gasteiger partial charge in [0.2, 0.25) is 0 Å². The van der Waals surface area contributed by atoms with E-state index < -0.39 is 0 Å². The fraction of sp³-hybridized carbons (Fsp3) is 0.136. The normalized spacial score (nSPS) is 11.0. The predicted molar refractivity (Wildman–Crippen MR) is 118 cm³/mol. The van der Waals surface area contributed by atoms with Crippen molar-refractivity contribution in [2.24, 2.45) is 0 Å². The molecule has 2 heterocycles. The second kappa shape index (κ2) is 8.23. The number of hydrogen-bond donors (Lipinski definition) is 1. The Bertz CT molecular complexity index is 1240. The molecule has 1 N–H and O–H groups in total. The van der Waals surface area contributed by atoms with Crippen LogP contribution in [0.1, 0.15) is 21.5 Å². The molecule has 0 aliphatic rings. The Balaban J connectivity index is 1.59. The smallest absolute Gasteiger partial charge is 0.337 e. The van der Waals surface area contributed by atoms with Crippen LogP contribution in [0.2, 0.25) is 0 Å². The van der Waals surface area contributed by atoms with Crippen LogP contribution in [0.15, 0.2) is 63.9 Å². The van der Waals surface area contributed by atoms with Crippen LogP contribution in [0.5, 0.6) is 0 Å². The number of aromatic amines is 1. The van der Waals surface area contributed by atoms with E-state index in [1.807, 2.05) is 48.7 Å². The Kier molecular flexibility index (Phi) is 5.51. The quantitative estimate of drug-likeness (QED) is 0.277. The van der Waals surface area contributed by atoms with Crippen molar-refractivity contribution in [3.8, 4) is 11.1 Å². The number of esters is 1. The number of nitrogens with one attached hydrogen (secondary N) is 1. The number of fused-ring (bicyclic) bond motifs is 1. The van der Waals surface area contributed by atoms with Crippen LogP contribution < -0.4 is 5.56 Å². The fourth-order valence-electron chi connectivity index (χ4n) is 3.00. The molecule has 2 aromatic carbocycles. The lowest BCUT2D eigenvalue weighted by molar-refractivity contribution is 0.0600. The van der Waals surface area contributed by atoms with Crippen LogP contribution in [0.25, 0.3) is 21.3 Å². The van der Waals surface area contributed by atoms with Crippen molar-refractivity contribution < 1.29 is 9.53 Å². The largest absolute Gasteiger partial charge is 0.465 e. The predicted octanol–water partition coefficient (Wildman–Crippen LogP) is 5.04. The van der Waals surface area contributed by atoms with E-state index in [1.165, 1.54) is 35.8 Å². The first-order chi connectivity index (χ1) is 14.0. The molecule has 0 saturated heterocycles. The molecule has 4 rings (SSSR count). The number of benzene rings is 2. The maximum absolute atomic E-state index is 12.8. The molecule has 0 atom stereocenters. The minimum absolute atomic E-state index is 0.141. The molecule has 0 bridgehead atoms. The number of rotatable bonds is 5. The number of carbonyl (C=O) groups excluding carboxylic acids is 1. The summed E-state index contributed by atoms with van der Waals surface area (Å²) in [5.74, 6) is 0.210. The summed E-state index contributed by atoms with van der Waals surface area (Å²) in [6.45, 7) is 2.04. The molecule has 0 amide bonds. The number of thioether (sulfide) groups is 1. The zero-order valence-electron chi connectivity index (χ0n) is 15.9. The van der Waals surface area contributed by atoms with Crippen LogP contribution in [-0.4, -0.2) is 23.0 Å². The van der Waals surface area contributed by atoms with Gasteiger partial charge >= 0.3 is 5.97 Å². The average Bonchev–Trinajstić information content (AvgIpc) is 3.17. The Morgan fingerprint density at radius 3 is 2.76 bits per heavy atom. The van der Waals surface area contributed by atoms with Crippen molar-refractivity contribution in [1.29, 1.82) is 0 Å². The van der Waals surface area contributed by atoms with Gasteiger partial charge in [-0.2, -0.15) is 0 Å². The van der Waals surface area contributed by atoms with Gasteiger partial charge in [-0.15, -0.1) is 11.3 Å². The first-order valence-corrected chi connectivity index (χ1v) is 10.8. The number of nitrogens with zero attached hydrogens (tertiary/aromatic N) is 1. The van der Waals surface area contributed by atoms with Crippen LogP contribution in [0.4, 0.5) is 0 Å². The summed E-state index contributed by atoms with van der Waals surface area (Å²) in [6, 6.07) is 15.4. The van der Waals surface area contributed by atoms with Gasteiger partial charge in [0, 0.05) is 16.7 Å². The van der Waals surface area contributed by atoms with E-state index in [-0.39, 0.29) is 11.5 Å². The number of hydrogen-bond acceptors (Lipinski definition) is 6. The molecule has 0 spiro atoms. The lowest BCUT2D eigenvalue weighted by Gasteiger charge is -2.05. The molecule has 4 aromatic rings. The number of methoxy groups -OCH3 is 1. The SMILES string of the molecule is COC(=O)c1cccc(CSc2nc3scc(-c4ccc(C)cc4)c3c(=O)[nH]2)c1. The zero-order chi connectivity index (χ0) is 20.4. The highest BCUT2D eigenvalue weighted by molar-refractivity contribution is 7.98. The summed E-state index contributed by atoms with van der Waals surface area (Å²) >= 11 is 2.89. The van der Waals surface area contributed by atoms with E-state index in [0.29, 0.717) is 21.9 Å². The second-order valence-electron chi connectivity index (χ2n) is 6.55. The first kappa shape index (κ1) is 19.4. The van der Waals surface area contributed by atoms with Gasteiger partial charge in [0.05, 0.1) is 18.1 Å². The fourth-order valence-corrected chi connectivity index (χ4v) is 4.81. The Labute approximate surface area is 175 Å². The van der Waals surface area contributed by atoms with Crippen molar-refractivity contribution >= 4 is 39.3 Å². The number of aryl methyl sites for hydroxylation is 1. The van der Waals surface area contributed by atoms with Gasteiger partial charge in [0.25, 0.3) is 5.56 Å². The van der Waals surface area contributed by atoms with Gasteiger partial charge in [-0.25, -0.2) is 9.78 Å². The summed E-state index contributed by atoms with van der Waals surface area (Å²) in [5, 5.41) is 3.16. The van der Waals surface area contributed by atoms with Gasteiger partial charge in [0.1, 0.15) is 4.83 Å². The Hall–Kier alpha value is -2.90. The van der Waals surface area contributed by atoms with Crippen molar-refractivity contribution in [2.45, 2.75) is 17.8 Å². The van der Waals surface area contributed by atoms with Crippen LogP contribution in [0, 0.1) is 6.92 Å². The van der Waals surface area contributed by atoms with Gasteiger partial charge in [0.15, 0.2) is 5.16 Å². The molecule has 5 nitrogen and oxygen atoms in total. The van der Waals surface area contributed by atoms with Crippen molar-refractivity contribution in [3.63, 3.8) is 0 Å². The molecule has 146 valence electrons. The highest BCUT2D eigenvalue weighted by Gasteiger charge is 2.13. The van der Waals surface area contributed by atoms with Crippen LogP contribution in [-0.2, 0) is 10.5 Å². The zero-order valence-corrected chi connectivity index (χ0v) is 17.5. The van der Waals surface area contributed by atoms with Gasteiger partial charge < -0.3 is 9.72 Å². The summed E-state index contributed by atoms with van der Waals surface area (Å²) in [7, 11) is 1.36. The summed E-state index contributed by atoms with van der Waals surface area (Å²) in [6.07, 6.45) is 0. The Morgan fingerprint density at radius 2 is 2.00 bits per heavy atom. The van der Waals surface area contributed by atoms with E-state index in [0.717, 1.165) is 21.5 Å². The molecule has 2 aromatic heterocycles. The minimum Gasteiger partial charge on any atom is -0.465 e. The average molecular weight is 423 g/mol. The molecule has 0 aliphatic carbocycles. The molecule has 0 aliphatic heterocycles. The highest BCUT2D eigenvalue weighted by Crippen LogP contribution is 2.32. The standard InChI is InChI=1S/C22H18N2O3S2/c1-13-6-8-15(9-7-13)17-12-28-20-18(17)19(25)23-22(24-20)29-11-14-4-3-5-16(10-14)21(26)27-2/h3-10,12H,11H2,1-2H3,(H,23,24,25). The molecule has 0 fully saturated rings. The number of aromatic nitrogens is 2. The number of H-pyrrole nitrogens is 1. The third-order valence-electron chi connectivity index (χ3n) is 4.51. The minimum atomic E-state index is -0.368. The summed E-state index contributed by atoms with van der Waals surface area (Å²) in [5.41, 5.74) is 4.40. The summed E-state index contributed by atoms with van der Waals surface area (Å²) in [4.78, 5) is 32.7. The van der Waals surface area contributed by atoms with E-state index in [4.69, 9.17) is 4.74 Å².